The smallest absolute Gasteiger partial charge is 0.309 e. The second kappa shape index (κ2) is 4.28. The Kier molecular flexibility index (Phi) is 3.00. The highest BCUT2D eigenvalue weighted by molar-refractivity contribution is 5.86. The van der Waals surface area contributed by atoms with Crippen LogP contribution in [0.15, 0.2) is 0 Å². The molecule has 3 aliphatic rings. The van der Waals surface area contributed by atoms with Crippen LogP contribution in [0.4, 0.5) is 0 Å². The molecule has 3 rings (SSSR count). The fourth-order valence-electron chi connectivity index (χ4n) is 3.58. The molecule has 0 aromatic carbocycles. The molecule has 1 aliphatic carbocycles. The molecule has 0 spiro atoms. The number of rotatable bonds is 0. The maximum Gasteiger partial charge on any atom is 0.309 e. The Hall–Kier alpha value is -0.940. The zero-order valence-electron chi connectivity index (χ0n) is 12.2. The van der Waals surface area contributed by atoms with Gasteiger partial charge in [0.05, 0.1) is 11.5 Å². The quantitative estimate of drug-likeness (QED) is 0.534. The van der Waals surface area contributed by atoms with Crippen LogP contribution in [0.1, 0.15) is 46.5 Å². The summed E-state index contributed by atoms with van der Waals surface area (Å²) >= 11 is 0. The fraction of sp³-hybridized carbons (Fsp3) is 0.867. The van der Waals surface area contributed by atoms with Gasteiger partial charge in [0, 0.05) is 12.3 Å². The van der Waals surface area contributed by atoms with Gasteiger partial charge < -0.3 is 14.6 Å². The van der Waals surface area contributed by atoms with Crippen molar-refractivity contribution in [2.45, 2.75) is 69.9 Å². The van der Waals surface area contributed by atoms with Crippen molar-refractivity contribution in [2.75, 3.05) is 0 Å². The van der Waals surface area contributed by atoms with Gasteiger partial charge in [0.1, 0.15) is 17.8 Å². The van der Waals surface area contributed by atoms with Crippen molar-refractivity contribution in [3.05, 3.63) is 0 Å². The molecule has 0 bridgehead atoms. The Bertz CT molecular complexity index is 457. The van der Waals surface area contributed by atoms with Crippen LogP contribution in [-0.4, -0.2) is 40.3 Å². The van der Waals surface area contributed by atoms with Gasteiger partial charge in [-0.1, -0.05) is 6.92 Å². The van der Waals surface area contributed by atoms with E-state index < -0.39 is 11.2 Å². The van der Waals surface area contributed by atoms with Gasteiger partial charge in [0.15, 0.2) is 5.78 Å². The summed E-state index contributed by atoms with van der Waals surface area (Å²) in [7, 11) is 0. The lowest BCUT2D eigenvalue weighted by atomic mass is 9.78. The van der Waals surface area contributed by atoms with Crippen LogP contribution in [0.25, 0.3) is 0 Å². The lowest BCUT2D eigenvalue weighted by molar-refractivity contribution is -0.144. The van der Waals surface area contributed by atoms with Gasteiger partial charge in [0.2, 0.25) is 0 Å². The third-order valence-electron chi connectivity index (χ3n) is 5.34. The van der Waals surface area contributed by atoms with E-state index in [1.807, 2.05) is 13.8 Å². The lowest BCUT2D eigenvalue weighted by Crippen LogP contribution is -2.39. The molecule has 3 fully saturated rings. The number of Topliss-reactive ketones (excluding diaryl/α,β-unsaturated/α-hetero) is 1. The minimum Gasteiger partial charge on any atom is -0.459 e. The second-order valence-electron chi connectivity index (χ2n) is 6.94. The van der Waals surface area contributed by atoms with Crippen molar-refractivity contribution in [3.8, 4) is 0 Å². The molecule has 5 heteroatoms. The summed E-state index contributed by atoms with van der Waals surface area (Å²) in [6.45, 7) is 5.38. The minimum atomic E-state index is -1.31. The van der Waals surface area contributed by atoms with E-state index in [1.54, 1.807) is 6.92 Å². The molecule has 0 aromatic heterocycles. The first-order valence-corrected chi connectivity index (χ1v) is 7.39. The van der Waals surface area contributed by atoms with Gasteiger partial charge in [-0.05, 0) is 33.1 Å². The summed E-state index contributed by atoms with van der Waals surface area (Å²) < 4.78 is 11.2. The van der Waals surface area contributed by atoms with Gasteiger partial charge in [-0.15, -0.1) is 0 Å². The predicted octanol–water partition coefficient (Wildman–Crippen LogP) is 1.22. The standard InChI is InChI=1S/C15H22O5/c1-8-9-4-6-14(2,18)10(16)5-7-15(3)12(20-15)11(9)19-13(8)17/h8-9,11-12,18H,4-7H2,1-3H3/t8-,9-,11-,12-,14-,15+/m0/s1. The molecule has 1 saturated carbocycles. The number of hydrogen-bond donors (Lipinski definition) is 1. The van der Waals surface area contributed by atoms with Crippen molar-refractivity contribution >= 4 is 11.8 Å². The van der Waals surface area contributed by atoms with E-state index in [1.165, 1.54) is 0 Å². The zero-order chi connectivity index (χ0) is 14.7. The predicted molar refractivity (Wildman–Crippen MR) is 69.9 cm³/mol. The van der Waals surface area contributed by atoms with Crippen molar-refractivity contribution in [1.82, 2.24) is 0 Å². The van der Waals surface area contributed by atoms with E-state index in [-0.39, 0.29) is 35.8 Å². The third kappa shape index (κ3) is 2.07. The summed E-state index contributed by atoms with van der Waals surface area (Å²) in [6.07, 6.45) is 1.52. The van der Waals surface area contributed by atoms with Gasteiger partial charge in [-0.2, -0.15) is 0 Å². The molecule has 5 nitrogen and oxygen atoms in total. The first-order chi connectivity index (χ1) is 9.24. The number of carbonyl (C=O) groups excluding carboxylic acids is 2. The summed E-state index contributed by atoms with van der Waals surface area (Å²) in [5.41, 5.74) is -1.70. The lowest BCUT2D eigenvalue weighted by Gasteiger charge is -2.27. The second-order valence-corrected chi connectivity index (χ2v) is 6.94. The monoisotopic (exact) mass is 282 g/mol. The maximum absolute atomic E-state index is 12.1. The van der Waals surface area contributed by atoms with E-state index in [4.69, 9.17) is 9.47 Å². The van der Waals surface area contributed by atoms with E-state index >= 15 is 0 Å². The molecule has 0 aromatic rings. The van der Waals surface area contributed by atoms with Gasteiger partial charge >= 0.3 is 5.97 Å². The van der Waals surface area contributed by atoms with Crippen molar-refractivity contribution in [2.24, 2.45) is 11.8 Å². The van der Waals surface area contributed by atoms with Gasteiger partial charge in [-0.3, -0.25) is 9.59 Å². The van der Waals surface area contributed by atoms with Crippen LogP contribution >= 0.6 is 0 Å². The van der Waals surface area contributed by atoms with E-state index in [0.717, 1.165) is 0 Å². The number of carbonyl (C=O) groups is 2. The highest BCUT2D eigenvalue weighted by Gasteiger charge is 2.62. The SMILES string of the molecule is C[C@@H]1C(=O)O[C@H]2[C@H]1CC[C@](C)(O)C(=O)CC[C@@]1(C)O[C@@H]21. The van der Waals surface area contributed by atoms with Crippen molar-refractivity contribution in [1.29, 1.82) is 0 Å². The largest absolute Gasteiger partial charge is 0.459 e. The molecular formula is C15H22O5. The molecule has 2 saturated heterocycles. The Morgan fingerprint density at radius 2 is 1.95 bits per heavy atom. The number of ketones is 1. The van der Waals surface area contributed by atoms with Crippen LogP contribution in [-0.2, 0) is 19.1 Å². The molecule has 0 unspecified atom stereocenters. The Labute approximate surface area is 118 Å². The number of epoxide rings is 1. The Balaban J connectivity index is 1.87. The number of fused-ring (bicyclic) bond motifs is 3. The number of ether oxygens (including phenoxy) is 2. The molecule has 1 N–H and O–H groups in total. The number of esters is 1. The molecule has 6 atom stereocenters. The topological polar surface area (TPSA) is 76.1 Å². The van der Waals surface area contributed by atoms with Crippen molar-refractivity contribution in [3.63, 3.8) is 0 Å². The van der Waals surface area contributed by atoms with Crippen LogP contribution in [0.5, 0.6) is 0 Å². The molecule has 0 amide bonds. The molecule has 2 heterocycles. The van der Waals surface area contributed by atoms with Gasteiger partial charge in [0.25, 0.3) is 0 Å². The third-order valence-corrected chi connectivity index (χ3v) is 5.34. The number of aliphatic hydroxyl groups is 1. The van der Waals surface area contributed by atoms with E-state index in [2.05, 4.69) is 0 Å². The first-order valence-electron chi connectivity index (χ1n) is 7.39. The first kappa shape index (κ1) is 14.0. The van der Waals surface area contributed by atoms with Crippen LogP contribution < -0.4 is 0 Å². The van der Waals surface area contributed by atoms with Gasteiger partial charge in [-0.25, -0.2) is 0 Å². The number of hydrogen-bond acceptors (Lipinski definition) is 5. The average molecular weight is 282 g/mol. The van der Waals surface area contributed by atoms with Crippen LogP contribution in [0.2, 0.25) is 0 Å². The van der Waals surface area contributed by atoms with Crippen LogP contribution in [0.3, 0.4) is 0 Å². The maximum atomic E-state index is 12.1. The average Bonchev–Trinajstić information content (AvgIpc) is 2.96. The van der Waals surface area contributed by atoms with E-state index in [9.17, 15) is 14.7 Å². The fourth-order valence-corrected chi connectivity index (χ4v) is 3.58. The summed E-state index contributed by atoms with van der Waals surface area (Å²) in [5, 5.41) is 10.3. The highest BCUT2D eigenvalue weighted by atomic mass is 16.6. The summed E-state index contributed by atoms with van der Waals surface area (Å²) in [5.74, 6) is -0.502. The Morgan fingerprint density at radius 3 is 2.65 bits per heavy atom. The van der Waals surface area contributed by atoms with Crippen LogP contribution in [0, 0.1) is 11.8 Å². The van der Waals surface area contributed by atoms with E-state index in [0.29, 0.717) is 25.7 Å². The normalized spacial score (nSPS) is 52.0. The molecule has 112 valence electrons. The Morgan fingerprint density at radius 1 is 1.25 bits per heavy atom. The molecule has 2 aliphatic heterocycles. The highest BCUT2D eigenvalue weighted by Crippen LogP contribution is 2.50. The minimum absolute atomic E-state index is 0.0201. The molecular weight excluding hydrogens is 260 g/mol. The summed E-state index contributed by atoms with van der Waals surface area (Å²) in [4.78, 5) is 23.9. The summed E-state index contributed by atoms with van der Waals surface area (Å²) in [6, 6.07) is 0. The zero-order valence-corrected chi connectivity index (χ0v) is 12.2. The molecule has 0 radical (unpaired) electrons. The molecule has 20 heavy (non-hydrogen) atoms. The van der Waals surface area contributed by atoms with Crippen molar-refractivity contribution < 1.29 is 24.2 Å².